The van der Waals surface area contributed by atoms with E-state index < -0.39 is 0 Å². The number of ether oxygens (including phenoxy) is 1. The number of nitrogens with zero attached hydrogens (tertiary/aromatic N) is 1. The topological polar surface area (TPSA) is 24.5 Å². The number of piperidine rings is 1. The molecule has 3 heteroatoms. The minimum absolute atomic E-state index is 0.424. The van der Waals surface area contributed by atoms with Crippen LogP contribution in [0.5, 0.6) is 0 Å². The van der Waals surface area contributed by atoms with Crippen LogP contribution in [-0.2, 0) is 4.74 Å². The van der Waals surface area contributed by atoms with E-state index in [1.807, 2.05) is 7.11 Å². The van der Waals surface area contributed by atoms with Crippen LogP contribution in [-0.4, -0.2) is 50.3 Å². The van der Waals surface area contributed by atoms with E-state index in [1.165, 1.54) is 38.6 Å². The van der Waals surface area contributed by atoms with Gasteiger partial charge in [0, 0.05) is 25.7 Å². The molecule has 0 bridgehead atoms. The molecule has 2 rings (SSSR count). The van der Waals surface area contributed by atoms with Crippen LogP contribution in [0.3, 0.4) is 0 Å². The van der Waals surface area contributed by atoms with Crippen molar-refractivity contribution in [3.8, 4) is 0 Å². The van der Waals surface area contributed by atoms with Crippen LogP contribution in [0.15, 0.2) is 0 Å². The lowest BCUT2D eigenvalue weighted by Crippen LogP contribution is -2.57. The molecule has 1 heterocycles. The molecule has 1 aliphatic carbocycles. The van der Waals surface area contributed by atoms with Gasteiger partial charge in [0.1, 0.15) is 0 Å². The van der Waals surface area contributed by atoms with Crippen molar-refractivity contribution in [2.45, 2.75) is 64.1 Å². The van der Waals surface area contributed by atoms with Crippen LogP contribution in [0.1, 0.15) is 46.0 Å². The smallest absolute Gasteiger partial charge is 0.0724 e. The van der Waals surface area contributed by atoms with Crippen molar-refractivity contribution in [2.75, 3.05) is 27.2 Å². The number of methoxy groups -OCH3 is 1. The molecule has 19 heavy (non-hydrogen) atoms. The normalized spacial score (nSPS) is 41.4. The Morgan fingerprint density at radius 2 is 2.05 bits per heavy atom. The number of likely N-dealkylation sites (N-methyl/N-ethyl adjacent to an activating group) is 1. The highest BCUT2D eigenvalue weighted by Gasteiger charge is 2.36. The highest BCUT2D eigenvalue weighted by molar-refractivity contribution is 4.93. The largest absolute Gasteiger partial charge is 0.380 e. The Kier molecular flexibility index (Phi) is 5.67. The van der Waals surface area contributed by atoms with Gasteiger partial charge in [0.05, 0.1) is 6.10 Å². The predicted octanol–water partition coefficient (Wildman–Crippen LogP) is 2.51. The van der Waals surface area contributed by atoms with Gasteiger partial charge in [0.2, 0.25) is 0 Å². The maximum atomic E-state index is 5.68. The quantitative estimate of drug-likeness (QED) is 0.848. The summed E-state index contributed by atoms with van der Waals surface area (Å²) in [5, 5.41) is 3.56. The summed E-state index contributed by atoms with van der Waals surface area (Å²) in [6.45, 7) is 7.05. The zero-order chi connectivity index (χ0) is 13.8. The lowest BCUT2D eigenvalue weighted by atomic mass is 9.79. The van der Waals surface area contributed by atoms with Gasteiger partial charge in [0.25, 0.3) is 0 Å². The van der Waals surface area contributed by atoms with Crippen LogP contribution >= 0.6 is 0 Å². The Hall–Kier alpha value is -0.120. The minimum Gasteiger partial charge on any atom is -0.380 e. The third-order valence-corrected chi connectivity index (χ3v) is 5.57. The summed E-state index contributed by atoms with van der Waals surface area (Å²) in [5.41, 5.74) is 0. The molecule has 112 valence electrons. The van der Waals surface area contributed by atoms with Crippen molar-refractivity contribution in [3.05, 3.63) is 0 Å². The second-order valence-corrected chi connectivity index (χ2v) is 6.58. The first kappa shape index (κ1) is 15.3. The van der Waals surface area contributed by atoms with E-state index in [1.54, 1.807) is 0 Å². The van der Waals surface area contributed by atoms with Crippen LogP contribution in [0.25, 0.3) is 0 Å². The number of nitrogens with one attached hydrogen (secondary N) is 1. The van der Waals surface area contributed by atoms with Gasteiger partial charge in [-0.3, -0.25) is 4.90 Å². The number of hydrogen-bond donors (Lipinski definition) is 1. The van der Waals surface area contributed by atoms with Gasteiger partial charge in [-0.05, 0) is 51.1 Å². The lowest BCUT2D eigenvalue weighted by molar-refractivity contribution is -0.0336. The molecule has 0 radical (unpaired) electrons. The fourth-order valence-corrected chi connectivity index (χ4v) is 4.01. The molecular formula is C16H32N2O. The van der Waals surface area contributed by atoms with Crippen molar-refractivity contribution in [1.29, 1.82) is 0 Å². The summed E-state index contributed by atoms with van der Waals surface area (Å²) in [4.78, 5) is 2.71. The zero-order valence-corrected chi connectivity index (χ0v) is 13.2. The van der Waals surface area contributed by atoms with Gasteiger partial charge >= 0.3 is 0 Å². The Bertz CT molecular complexity index is 271. The Balaban J connectivity index is 2.00. The molecule has 1 saturated heterocycles. The molecule has 3 nitrogen and oxygen atoms in total. The van der Waals surface area contributed by atoms with Crippen molar-refractivity contribution in [3.63, 3.8) is 0 Å². The predicted molar refractivity (Wildman–Crippen MR) is 80.4 cm³/mol. The highest BCUT2D eigenvalue weighted by Crippen LogP contribution is 2.32. The summed E-state index contributed by atoms with van der Waals surface area (Å²) >= 11 is 0. The monoisotopic (exact) mass is 268 g/mol. The summed E-state index contributed by atoms with van der Waals surface area (Å²) in [7, 11) is 4.00. The second kappa shape index (κ2) is 7.05. The molecule has 1 saturated carbocycles. The number of likely N-dealkylation sites (tertiary alicyclic amines) is 1. The molecule has 0 spiro atoms. The fraction of sp³-hybridized carbons (Fsp3) is 1.00. The van der Waals surface area contributed by atoms with Gasteiger partial charge in [-0.2, -0.15) is 0 Å². The molecule has 5 unspecified atom stereocenters. The zero-order valence-electron chi connectivity index (χ0n) is 13.2. The maximum absolute atomic E-state index is 5.68. The Morgan fingerprint density at radius 3 is 2.68 bits per heavy atom. The van der Waals surface area contributed by atoms with Crippen molar-refractivity contribution in [2.24, 2.45) is 11.8 Å². The van der Waals surface area contributed by atoms with Crippen LogP contribution in [0.2, 0.25) is 0 Å². The molecule has 0 aromatic rings. The van der Waals surface area contributed by atoms with E-state index in [2.05, 4.69) is 31.1 Å². The van der Waals surface area contributed by atoms with Gasteiger partial charge in [-0.1, -0.05) is 20.3 Å². The van der Waals surface area contributed by atoms with E-state index >= 15 is 0 Å². The first-order chi connectivity index (χ1) is 9.19. The lowest BCUT2D eigenvalue weighted by Gasteiger charge is -2.46. The van der Waals surface area contributed by atoms with E-state index in [9.17, 15) is 0 Å². The third kappa shape index (κ3) is 3.50. The van der Waals surface area contributed by atoms with Gasteiger partial charge in [0.15, 0.2) is 0 Å². The van der Waals surface area contributed by atoms with Gasteiger partial charge in [-0.25, -0.2) is 0 Å². The van der Waals surface area contributed by atoms with Gasteiger partial charge in [-0.15, -0.1) is 0 Å². The summed E-state index contributed by atoms with van der Waals surface area (Å²) in [5.74, 6) is 1.63. The second-order valence-electron chi connectivity index (χ2n) is 6.58. The average Bonchev–Trinajstić information content (AvgIpc) is 2.47. The highest BCUT2D eigenvalue weighted by atomic mass is 16.5. The first-order valence-corrected chi connectivity index (χ1v) is 8.13. The summed E-state index contributed by atoms with van der Waals surface area (Å²) in [6.07, 6.45) is 7.15. The fourth-order valence-electron chi connectivity index (χ4n) is 4.01. The molecule has 0 aromatic heterocycles. The number of rotatable bonds is 4. The van der Waals surface area contributed by atoms with Crippen LogP contribution in [0, 0.1) is 11.8 Å². The minimum atomic E-state index is 0.424. The average molecular weight is 268 g/mol. The van der Waals surface area contributed by atoms with Gasteiger partial charge < -0.3 is 10.1 Å². The van der Waals surface area contributed by atoms with Crippen molar-refractivity contribution < 1.29 is 4.74 Å². The van der Waals surface area contributed by atoms with Crippen molar-refractivity contribution >= 4 is 0 Å². The summed E-state index contributed by atoms with van der Waals surface area (Å²) < 4.78 is 5.68. The molecule has 1 aliphatic heterocycles. The SMILES string of the molecule is CCC1CCC(NC)C(N2CCC(C)C(OC)C2)C1. The molecular weight excluding hydrogens is 236 g/mol. The van der Waals surface area contributed by atoms with Crippen LogP contribution in [0.4, 0.5) is 0 Å². The molecule has 2 aliphatic rings. The standard InChI is InChI=1S/C16H32N2O/c1-5-13-6-7-14(17-3)15(10-13)18-9-8-12(2)16(11-18)19-4/h12-17H,5-11H2,1-4H3. The summed E-state index contributed by atoms with van der Waals surface area (Å²) in [6, 6.07) is 1.39. The molecule has 1 N–H and O–H groups in total. The van der Waals surface area contributed by atoms with E-state index in [0.717, 1.165) is 12.5 Å². The Labute approximate surface area is 119 Å². The third-order valence-electron chi connectivity index (χ3n) is 5.57. The molecule has 0 aromatic carbocycles. The van der Waals surface area contributed by atoms with Crippen LogP contribution < -0.4 is 5.32 Å². The maximum Gasteiger partial charge on any atom is 0.0724 e. The van der Waals surface area contributed by atoms with E-state index in [4.69, 9.17) is 4.74 Å². The number of hydrogen-bond acceptors (Lipinski definition) is 3. The van der Waals surface area contributed by atoms with E-state index in [-0.39, 0.29) is 0 Å². The van der Waals surface area contributed by atoms with Crippen molar-refractivity contribution in [1.82, 2.24) is 10.2 Å². The molecule has 0 amide bonds. The Morgan fingerprint density at radius 1 is 1.26 bits per heavy atom. The molecule has 5 atom stereocenters. The van der Waals surface area contributed by atoms with E-state index in [0.29, 0.717) is 24.1 Å². The molecule has 2 fully saturated rings. The first-order valence-electron chi connectivity index (χ1n) is 8.13.